The summed E-state index contributed by atoms with van der Waals surface area (Å²) in [4.78, 5) is 73.9. The first-order valence-corrected chi connectivity index (χ1v) is 18.2. The van der Waals surface area contributed by atoms with Crippen molar-refractivity contribution in [2.45, 2.75) is 50.9 Å². The summed E-state index contributed by atoms with van der Waals surface area (Å²) in [5.41, 5.74) is 1.63. The number of nitrogens with zero attached hydrogens (tertiary/aromatic N) is 6. The van der Waals surface area contributed by atoms with Crippen molar-refractivity contribution >= 4 is 41.0 Å². The van der Waals surface area contributed by atoms with Crippen molar-refractivity contribution in [3.63, 3.8) is 0 Å². The number of anilines is 2. The Labute approximate surface area is 331 Å². The van der Waals surface area contributed by atoms with E-state index in [1.807, 2.05) is 19.2 Å². The van der Waals surface area contributed by atoms with E-state index >= 15 is 0 Å². The molecule has 0 radical (unpaired) electrons. The van der Waals surface area contributed by atoms with Gasteiger partial charge in [-0.05, 0) is 80.4 Å². The number of aryl methyl sites for hydroxylation is 1. The predicted octanol–water partition coefficient (Wildman–Crippen LogP) is 5.55. The van der Waals surface area contributed by atoms with Gasteiger partial charge in [-0.3, -0.25) is 34.2 Å². The average molecular weight is 820 g/mol. The molecule has 2 aromatic carbocycles. The summed E-state index contributed by atoms with van der Waals surface area (Å²) in [6, 6.07) is 13.7. The normalized spacial score (nSPS) is 15.6. The SMILES string of the molecule is CN(CCCc1ccc2c(c1)C(=O)N(C1CCC(=O)NC1=O)C2=O)Cc1ccc(-n2cc(NC(=O)c3coc(-c4ccnc(NCC(F)(F)F)c4)n3)c(C(F)F)n2)cc1. The Morgan fingerprint density at radius 1 is 1.02 bits per heavy atom. The molecule has 0 aliphatic carbocycles. The highest BCUT2D eigenvalue weighted by atomic mass is 19.4. The van der Waals surface area contributed by atoms with Crippen molar-refractivity contribution < 1.29 is 50.3 Å². The van der Waals surface area contributed by atoms with Gasteiger partial charge in [-0.25, -0.2) is 23.4 Å². The quantitative estimate of drug-likeness (QED) is 0.0943. The number of hydrogen-bond acceptors (Lipinski definition) is 11. The molecule has 5 aromatic rings. The molecule has 1 atom stereocenters. The number of fused-ring (bicyclic) bond motifs is 1. The Kier molecular flexibility index (Phi) is 11.3. The molecule has 1 saturated heterocycles. The molecule has 1 fully saturated rings. The molecular weight excluding hydrogens is 785 g/mol. The molecule has 0 spiro atoms. The van der Waals surface area contributed by atoms with Gasteiger partial charge in [0, 0.05) is 24.7 Å². The van der Waals surface area contributed by atoms with Crippen LogP contribution in [-0.4, -0.2) is 91.4 Å². The van der Waals surface area contributed by atoms with Crippen LogP contribution in [0.5, 0.6) is 0 Å². The summed E-state index contributed by atoms with van der Waals surface area (Å²) in [6.07, 6.45) is -2.63. The fraction of sp³-hybridized carbons (Fsp3) is 0.282. The summed E-state index contributed by atoms with van der Waals surface area (Å²) in [7, 11) is 1.93. The molecule has 5 heterocycles. The van der Waals surface area contributed by atoms with Crippen LogP contribution in [0.15, 0.2) is 77.7 Å². The molecule has 15 nitrogen and oxygen atoms in total. The van der Waals surface area contributed by atoms with Gasteiger partial charge in [0.1, 0.15) is 24.7 Å². The van der Waals surface area contributed by atoms with Crippen molar-refractivity contribution in [1.82, 2.24) is 34.9 Å². The second-order valence-corrected chi connectivity index (χ2v) is 13.9. The second-order valence-electron chi connectivity index (χ2n) is 13.9. The van der Waals surface area contributed by atoms with Gasteiger partial charge in [0.15, 0.2) is 11.4 Å². The molecule has 59 heavy (non-hydrogen) atoms. The third kappa shape index (κ3) is 9.17. The lowest BCUT2D eigenvalue weighted by molar-refractivity contribution is -0.136. The lowest BCUT2D eigenvalue weighted by Crippen LogP contribution is -2.54. The zero-order valence-corrected chi connectivity index (χ0v) is 31.1. The smallest absolute Gasteiger partial charge is 0.405 e. The largest absolute Gasteiger partial charge is 0.444 e. The van der Waals surface area contributed by atoms with Gasteiger partial charge in [0.05, 0.1) is 28.7 Å². The van der Waals surface area contributed by atoms with Crippen molar-refractivity contribution in [2.75, 3.05) is 30.8 Å². The molecule has 7 rings (SSSR count). The van der Waals surface area contributed by atoms with E-state index in [0.29, 0.717) is 31.6 Å². The molecule has 2 aliphatic rings. The van der Waals surface area contributed by atoms with E-state index in [1.54, 1.807) is 30.3 Å². The van der Waals surface area contributed by atoms with Crippen LogP contribution in [-0.2, 0) is 22.6 Å². The number of benzene rings is 2. The summed E-state index contributed by atoms with van der Waals surface area (Å²) in [5, 5.41) is 10.7. The maximum Gasteiger partial charge on any atom is 0.405 e. The van der Waals surface area contributed by atoms with Gasteiger partial charge in [-0.1, -0.05) is 18.2 Å². The number of amides is 5. The van der Waals surface area contributed by atoms with Crippen LogP contribution in [0.2, 0.25) is 0 Å². The fourth-order valence-corrected chi connectivity index (χ4v) is 6.70. The summed E-state index contributed by atoms with van der Waals surface area (Å²) in [5.74, 6) is -3.33. The zero-order chi connectivity index (χ0) is 42.0. The predicted molar refractivity (Wildman–Crippen MR) is 199 cm³/mol. The molecule has 0 saturated carbocycles. The van der Waals surface area contributed by atoms with Crippen LogP contribution in [0.25, 0.3) is 17.1 Å². The number of imide groups is 2. The standard InChI is InChI=1S/C39H34F5N9O6/c1-51(14-2-3-21-6-9-25-26(15-21)38(58)53(37(25)57)29-10-11-31(54)49-35(29)56)17-22-4-7-24(8-5-22)52-18-27(32(50-52)33(40)41)47-34(55)28-19-59-36(48-28)23-12-13-45-30(16-23)46-20-39(42,43)44/h4-9,12-13,15-16,18-19,29,33H,2-3,10-11,14,17,20H2,1H3,(H,45,46)(H,47,55)(H,49,54,56). The summed E-state index contributed by atoms with van der Waals surface area (Å²) >= 11 is 0. The van der Waals surface area contributed by atoms with Crippen LogP contribution < -0.4 is 16.0 Å². The van der Waals surface area contributed by atoms with E-state index < -0.39 is 60.4 Å². The Bertz CT molecular complexity index is 2430. The second kappa shape index (κ2) is 16.6. The van der Waals surface area contributed by atoms with Gasteiger partial charge in [-0.2, -0.15) is 18.3 Å². The van der Waals surface area contributed by atoms with Crippen molar-refractivity contribution in [1.29, 1.82) is 0 Å². The van der Waals surface area contributed by atoms with E-state index in [4.69, 9.17) is 4.42 Å². The maximum atomic E-state index is 14.0. The third-order valence-electron chi connectivity index (χ3n) is 9.57. The summed E-state index contributed by atoms with van der Waals surface area (Å²) < 4.78 is 72.4. The number of nitrogens with one attached hydrogen (secondary N) is 3. The highest BCUT2D eigenvalue weighted by Crippen LogP contribution is 2.30. The Hall–Kier alpha value is -6.83. The molecule has 3 aromatic heterocycles. The monoisotopic (exact) mass is 819 g/mol. The molecule has 306 valence electrons. The molecule has 3 N–H and O–H groups in total. The number of halogens is 5. The minimum Gasteiger partial charge on any atom is -0.444 e. The first kappa shape index (κ1) is 40.4. The molecule has 5 amide bonds. The number of carbonyl (C=O) groups is 5. The van der Waals surface area contributed by atoms with Gasteiger partial charge in [0.2, 0.25) is 17.7 Å². The number of piperidine rings is 1. The number of pyridine rings is 1. The van der Waals surface area contributed by atoms with E-state index in [1.165, 1.54) is 29.2 Å². The van der Waals surface area contributed by atoms with Crippen LogP contribution in [0.4, 0.5) is 33.5 Å². The number of aromatic nitrogens is 4. The number of alkyl halides is 5. The lowest BCUT2D eigenvalue weighted by atomic mass is 10.0. The number of rotatable bonds is 14. The highest BCUT2D eigenvalue weighted by Gasteiger charge is 2.44. The number of carbonyl (C=O) groups excluding carboxylic acids is 5. The number of oxazole rings is 1. The van der Waals surface area contributed by atoms with Crippen LogP contribution in [0.1, 0.15) is 73.7 Å². The van der Waals surface area contributed by atoms with Crippen molar-refractivity contribution in [3.05, 3.63) is 107 Å². The Morgan fingerprint density at radius 3 is 2.49 bits per heavy atom. The first-order valence-electron chi connectivity index (χ1n) is 18.2. The Morgan fingerprint density at radius 2 is 1.76 bits per heavy atom. The van der Waals surface area contributed by atoms with Gasteiger partial charge in [-0.15, -0.1) is 0 Å². The van der Waals surface area contributed by atoms with Crippen LogP contribution >= 0.6 is 0 Å². The maximum absolute atomic E-state index is 14.0. The minimum atomic E-state index is -4.47. The van der Waals surface area contributed by atoms with E-state index in [-0.39, 0.29) is 52.6 Å². The molecule has 20 heteroatoms. The van der Waals surface area contributed by atoms with Crippen molar-refractivity contribution in [3.8, 4) is 17.1 Å². The van der Waals surface area contributed by atoms with Gasteiger partial charge in [0.25, 0.3) is 24.1 Å². The van der Waals surface area contributed by atoms with Gasteiger partial charge < -0.3 is 20.0 Å². The average Bonchev–Trinajstić information content (AvgIpc) is 3.92. The van der Waals surface area contributed by atoms with Crippen LogP contribution in [0, 0.1) is 0 Å². The topological polar surface area (TPSA) is 185 Å². The lowest BCUT2D eigenvalue weighted by Gasteiger charge is -2.27. The van der Waals surface area contributed by atoms with E-state index in [0.717, 1.165) is 22.3 Å². The Balaban J connectivity index is 0.926. The molecule has 2 aliphatic heterocycles. The zero-order valence-electron chi connectivity index (χ0n) is 31.1. The van der Waals surface area contributed by atoms with Crippen molar-refractivity contribution in [2.24, 2.45) is 0 Å². The minimum absolute atomic E-state index is 0.0389. The van der Waals surface area contributed by atoms with Gasteiger partial charge >= 0.3 is 6.18 Å². The first-order chi connectivity index (χ1) is 28.1. The van der Waals surface area contributed by atoms with Crippen LogP contribution in [0.3, 0.4) is 0 Å². The molecule has 0 bridgehead atoms. The highest BCUT2D eigenvalue weighted by molar-refractivity contribution is 6.23. The third-order valence-corrected chi connectivity index (χ3v) is 9.57. The van der Waals surface area contributed by atoms with E-state index in [2.05, 4.69) is 35.9 Å². The number of hydrogen-bond donors (Lipinski definition) is 3. The van der Waals surface area contributed by atoms with E-state index in [9.17, 15) is 45.9 Å². The fourth-order valence-electron chi connectivity index (χ4n) is 6.70. The molecular formula is C39H34F5N9O6. The summed E-state index contributed by atoms with van der Waals surface area (Å²) in [6.45, 7) is -0.101. The molecule has 1 unspecified atom stereocenters.